The van der Waals surface area contributed by atoms with Crippen molar-refractivity contribution in [3.63, 3.8) is 0 Å². The zero-order valence-electron chi connectivity index (χ0n) is 11.9. The van der Waals surface area contributed by atoms with E-state index in [9.17, 15) is 0 Å². The highest BCUT2D eigenvalue weighted by atomic mass is 79.9. The Balaban J connectivity index is 1.55. The van der Waals surface area contributed by atoms with Crippen LogP contribution in [0.5, 0.6) is 0 Å². The number of hydrogen-bond acceptors (Lipinski definition) is 3. The van der Waals surface area contributed by atoms with E-state index in [0.717, 1.165) is 33.8 Å². The number of aromatic nitrogens is 3. The maximum Gasteiger partial charge on any atom is 0.180 e. The van der Waals surface area contributed by atoms with Crippen molar-refractivity contribution in [1.82, 2.24) is 14.4 Å². The molecule has 2 aromatic rings. The molecule has 4 saturated carbocycles. The summed E-state index contributed by atoms with van der Waals surface area (Å²) in [5, 5.41) is 3.83. The van der Waals surface area contributed by atoms with E-state index in [-0.39, 0.29) is 5.54 Å². The van der Waals surface area contributed by atoms with Crippen molar-refractivity contribution in [2.24, 2.45) is 17.8 Å². The Kier molecular flexibility index (Phi) is 2.50. The van der Waals surface area contributed by atoms with E-state index in [1.165, 1.54) is 38.5 Å². The Bertz CT molecular complexity index is 672. The second-order valence-corrected chi connectivity index (χ2v) is 8.21. The van der Waals surface area contributed by atoms with Gasteiger partial charge in [-0.05, 0) is 72.2 Å². The van der Waals surface area contributed by atoms with Crippen LogP contribution in [0.3, 0.4) is 0 Å². The molecule has 0 atom stereocenters. The first-order valence-electron chi connectivity index (χ1n) is 7.96. The lowest BCUT2D eigenvalue weighted by atomic mass is 9.53. The fourth-order valence-corrected chi connectivity index (χ4v) is 5.90. The minimum absolute atomic E-state index is 0.273. The number of anilines is 1. The van der Waals surface area contributed by atoms with Gasteiger partial charge in [-0.1, -0.05) is 0 Å². The van der Waals surface area contributed by atoms with Crippen LogP contribution in [0.4, 0.5) is 5.82 Å². The first-order valence-corrected chi connectivity index (χ1v) is 8.76. The standard InChI is InChI=1S/C16H19BrN4/c17-13-9-21-2-1-18-15(21)14(19-13)20-16-6-10-3-11(7-16)5-12(4-10)8-16/h1-2,9-12H,3-8H2,(H,19,20). The van der Waals surface area contributed by atoms with Gasteiger partial charge in [0.25, 0.3) is 0 Å². The van der Waals surface area contributed by atoms with Gasteiger partial charge in [0.15, 0.2) is 11.5 Å². The van der Waals surface area contributed by atoms with Crippen molar-refractivity contribution in [3.05, 3.63) is 23.2 Å². The Hall–Kier alpha value is -1.10. The third-order valence-electron chi connectivity index (χ3n) is 5.77. The Morgan fingerprint density at radius 3 is 2.48 bits per heavy atom. The monoisotopic (exact) mass is 346 g/mol. The summed E-state index contributed by atoms with van der Waals surface area (Å²) in [6, 6.07) is 0. The molecule has 2 heterocycles. The van der Waals surface area contributed by atoms with Gasteiger partial charge in [0, 0.05) is 24.1 Å². The molecule has 0 aromatic carbocycles. The second-order valence-electron chi connectivity index (χ2n) is 7.39. The van der Waals surface area contributed by atoms with E-state index < -0.39 is 0 Å². The molecule has 4 bridgehead atoms. The van der Waals surface area contributed by atoms with E-state index >= 15 is 0 Å². The molecule has 0 aliphatic heterocycles. The van der Waals surface area contributed by atoms with E-state index in [0.29, 0.717) is 0 Å². The van der Waals surface area contributed by atoms with Gasteiger partial charge in [0.2, 0.25) is 0 Å². The highest BCUT2D eigenvalue weighted by Crippen LogP contribution is 2.56. The lowest BCUT2D eigenvalue weighted by Crippen LogP contribution is -2.55. The number of rotatable bonds is 2. The van der Waals surface area contributed by atoms with Gasteiger partial charge in [-0.2, -0.15) is 0 Å². The van der Waals surface area contributed by atoms with Crippen LogP contribution in [0.2, 0.25) is 0 Å². The predicted molar refractivity (Wildman–Crippen MR) is 85.2 cm³/mol. The van der Waals surface area contributed by atoms with Crippen LogP contribution in [-0.4, -0.2) is 19.9 Å². The number of nitrogens with one attached hydrogen (secondary N) is 1. The molecule has 4 aliphatic rings. The Morgan fingerprint density at radius 2 is 1.81 bits per heavy atom. The molecule has 4 aliphatic carbocycles. The average molecular weight is 347 g/mol. The lowest BCUT2D eigenvalue weighted by Gasteiger charge is -2.57. The first-order chi connectivity index (χ1) is 10.2. The first kappa shape index (κ1) is 12.4. The fraction of sp³-hybridized carbons (Fsp3) is 0.625. The zero-order chi connectivity index (χ0) is 14.0. The number of nitrogens with zero attached hydrogens (tertiary/aromatic N) is 3. The largest absolute Gasteiger partial charge is 0.361 e. The SMILES string of the molecule is Brc1cn2ccnc2c(NC23CC4CC(CC(C4)C2)C3)n1. The van der Waals surface area contributed by atoms with Crippen LogP contribution in [0.1, 0.15) is 38.5 Å². The number of fused-ring (bicyclic) bond motifs is 1. The molecule has 5 heteroatoms. The van der Waals surface area contributed by atoms with Crippen molar-refractivity contribution in [2.45, 2.75) is 44.1 Å². The van der Waals surface area contributed by atoms with Gasteiger partial charge < -0.3 is 9.72 Å². The number of hydrogen-bond donors (Lipinski definition) is 1. The minimum atomic E-state index is 0.273. The predicted octanol–water partition coefficient (Wildman–Crippen LogP) is 3.87. The Labute approximate surface area is 132 Å². The van der Waals surface area contributed by atoms with Crippen molar-refractivity contribution >= 4 is 27.4 Å². The van der Waals surface area contributed by atoms with E-state index in [2.05, 4.69) is 31.2 Å². The van der Waals surface area contributed by atoms with Crippen LogP contribution < -0.4 is 5.32 Å². The quantitative estimate of drug-likeness (QED) is 0.897. The molecular weight excluding hydrogens is 328 g/mol. The summed E-state index contributed by atoms with van der Waals surface area (Å²) < 4.78 is 2.90. The molecule has 4 nitrogen and oxygen atoms in total. The highest BCUT2D eigenvalue weighted by molar-refractivity contribution is 9.10. The molecule has 6 rings (SSSR count). The van der Waals surface area contributed by atoms with Crippen molar-refractivity contribution in [1.29, 1.82) is 0 Å². The van der Waals surface area contributed by atoms with Crippen molar-refractivity contribution in [2.75, 3.05) is 5.32 Å². The second kappa shape index (κ2) is 4.22. The van der Waals surface area contributed by atoms with Gasteiger partial charge in [-0.25, -0.2) is 9.97 Å². The normalized spacial score (nSPS) is 37.3. The van der Waals surface area contributed by atoms with Crippen molar-refractivity contribution < 1.29 is 0 Å². The molecule has 21 heavy (non-hydrogen) atoms. The topological polar surface area (TPSA) is 42.2 Å². The summed E-state index contributed by atoms with van der Waals surface area (Å²) in [6.45, 7) is 0. The maximum atomic E-state index is 4.67. The molecule has 110 valence electrons. The van der Waals surface area contributed by atoms with Gasteiger partial charge >= 0.3 is 0 Å². The van der Waals surface area contributed by atoms with E-state index in [1.54, 1.807) is 0 Å². The van der Waals surface area contributed by atoms with Gasteiger partial charge in [0.1, 0.15) is 4.60 Å². The Morgan fingerprint density at radius 1 is 1.14 bits per heavy atom. The summed E-state index contributed by atoms with van der Waals surface area (Å²) in [7, 11) is 0. The van der Waals surface area contributed by atoms with E-state index in [4.69, 9.17) is 0 Å². The number of imidazole rings is 1. The molecule has 0 saturated heterocycles. The lowest BCUT2D eigenvalue weighted by molar-refractivity contribution is 0.0106. The molecule has 2 aromatic heterocycles. The third-order valence-corrected chi connectivity index (χ3v) is 6.15. The molecule has 4 fully saturated rings. The van der Waals surface area contributed by atoms with Crippen LogP contribution >= 0.6 is 15.9 Å². The highest BCUT2D eigenvalue weighted by Gasteiger charge is 2.51. The smallest absolute Gasteiger partial charge is 0.180 e. The van der Waals surface area contributed by atoms with Crippen LogP contribution in [0.15, 0.2) is 23.2 Å². The fourth-order valence-electron chi connectivity index (χ4n) is 5.50. The minimum Gasteiger partial charge on any atom is -0.361 e. The molecule has 1 N–H and O–H groups in total. The summed E-state index contributed by atoms with van der Waals surface area (Å²) in [5.74, 6) is 3.75. The maximum absolute atomic E-state index is 4.67. The van der Waals surface area contributed by atoms with Gasteiger partial charge in [0.05, 0.1) is 0 Å². The van der Waals surface area contributed by atoms with Crippen molar-refractivity contribution in [3.8, 4) is 0 Å². The van der Waals surface area contributed by atoms with Crippen LogP contribution in [-0.2, 0) is 0 Å². The molecule has 0 unspecified atom stereocenters. The zero-order valence-corrected chi connectivity index (χ0v) is 13.5. The molecule has 0 spiro atoms. The average Bonchev–Trinajstić information content (AvgIpc) is 2.84. The summed E-state index contributed by atoms with van der Waals surface area (Å²) >= 11 is 3.52. The van der Waals surface area contributed by atoms with E-state index in [1.807, 2.05) is 23.0 Å². The van der Waals surface area contributed by atoms with Gasteiger partial charge in [-0.15, -0.1) is 0 Å². The molecule has 0 radical (unpaired) electrons. The third kappa shape index (κ3) is 1.93. The van der Waals surface area contributed by atoms with Crippen LogP contribution in [0, 0.1) is 17.8 Å². The van der Waals surface area contributed by atoms with Gasteiger partial charge in [-0.3, -0.25) is 0 Å². The molecule has 0 amide bonds. The summed E-state index contributed by atoms with van der Waals surface area (Å²) in [4.78, 5) is 9.15. The number of halogens is 1. The summed E-state index contributed by atoms with van der Waals surface area (Å²) in [6.07, 6.45) is 14.1. The molecular formula is C16H19BrN4. The summed E-state index contributed by atoms with van der Waals surface area (Å²) in [5.41, 5.74) is 1.21. The van der Waals surface area contributed by atoms with Crippen LogP contribution in [0.25, 0.3) is 5.65 Å².